The van der Waals surface area contributed by atoms with Crippen molar-refractivity contribution in [2.45, 2.75) is 6.61 Å². The summed E-state index contributed by atoms with van der Waals surface area (Å²) in [6, 6.07) is 14.1. The van der Waals surface area contributed by atoms with Crippen molar-refractivity contribution < 1.29 is 9.76 Å². The molecule has 2 aromatic rings. The predicted octanol–water partition coefficient (Wildman–Crippen LogP) is 3.21. The Kier molecular flexibility index (Phi) is 5.08. The van der Waals surface area contributed by atoms with Crippen molar-refractivity contribution in [2.24, 2.45) is 5.16 Å². The quantitative estimate of drug-likeness (QED) is 0.466. The Morgan fingerprint density at radius 2 is 1.77 bits per heavy atom. The van der Waals surface area contributed by atoms with Crippen LogP contribution in [0.4, 0.5) is 11.4 Å². The SMILES string of the molecule is CN(C)c1ccc(/C=N/OCc2ccc([N+](=O)[O-])cc2)cc1. The largest absolute Gasteiger partial charge is 0.391 e. The predicted molar refractivity (Wildman–Crippen MR) is 86.2 cm³/mol. The van der Waals surface area contributed by atoms with E-state index in [1.165, 1.54) is 12.1 Å². The molecule has 0 radical (unpaired) electrons. The van der Waals surface area contributed by atoms with Gasteiger partial charge in [0.15, 0.2) is 0 Å². The van der Waals surface area contributed by atoms with Gasteiger partial charge in [0.2, 0.25) is 0 Å². The molecule has 0 aromatic heterocycles. The van der Waals surface area contributed by atoms with E-state index in [9.17, 15) is 10.1 Å². The lowest BCUT2D eigenvalue weighted by Crippen LogP contribution is -2.08. The van der Waals surface area contributed by atoms with Crippen LogP contribution in [0.5, 0.6) is 0 Å². The van der Waals surface area contributed by atoms with Crippen LogP contribution in [0.2, 0.25) is 0 Å². The molecule has 22 heavy (non-hydrogen) atoms. The zero-order chi connectivity index (χ0) is 15.9. The highest BCUT2D eigenvalue weighted by Crippen LogP contribution is 2.13. The monoisotopic (exact) mass is 299 g/mol. The van der Waals surface area contributed by atoms with Gasteiger partial charge in [-0.05, 0) is 35.4 Å². The number of oxime groups is 1. The minimum absolute atomic E-state index is 0.0632. The van der Waals surface area contributed by atoms with E-state index in [0.717, 1.165) is 16.8 Å². The van der Waals surface area contributed by atoms with E-state index in [1.54, 1.807) is 18.3 Å². The maximum absolute atomic E-state index is 10.5. The van der Waals surface area contributed by atoms with Crippen molar-refractivity contribution in [2.75, 3.05) is 19.0 Å². The van der Waals surface area contributed by atoms with Crippen molar-refractivity contribution in [3.05, 3.63) is 69.8 Å². The lowest BCUT2D eigenvalue weighted by molar-refractivity contribution is -0.384. The number of rotatable bonds is 6. The average Bonchev–Trinajstić information content (AvgIpc) is 2.52. The molecule has 0 amide bonds. The minimum Gasteiger partial charge on any atom is -0.391 e. The molecule has 2 rings (SSSR count). The van der Waals surface area contributed by atoms with Crippen LogP contribution in [0.1, 0.15) is 11.1 Å². The molecule has 0 spiro atoms. The van der Waals surface area contributed by atoms with Crippen molar-refractivity contribution in [3.8, 4) is 0 Å². The summed E-state index contributed by atoms with van der Waals surface area (Å²) >= 11 is 0. The van der Waals surface area contributed by atoms with Gasteiger partial charge in [-0.2, -0.15) is 0 Å². The first-order valence-corrected chi connectivity index (χ1v) is 6.72. The number of non-ortho nitro benzene ring substituents is 1. The third-order valence-electron chi connectivity index (χ3n) is 3.06. The highest BCUT2D eigenvalue weighted by atomic mass is 16.6. The summed E-state index contributed by atoms with van der Waals surface area (Å²) in [5.74, 6) is 0. The van der Waals surface area contributed by atoms with Crippen LogP contribution >= 0.6 is 0 Å². The standard InChI is InChI=1S/C16H17N3O3/c1-18(2)15-7-3-13(4-8-15)11-17-22-12-14-5-9-16(10-6-14)19(20)21/h3-11H,12H2,1-2H3/b17-11+. The maximum atomic E-state index is 10.5. The molecule has 0 heterocycles. The Morgan fingerprint density at radius 1 is 1.14 bits per heavy atom. The summed E-state index contributed by atoms with van der Waals surface area (Å²) in [6.45, 7) is 0.268. The first-order valence-electron chi connectivity index (χ1n) is 6.72. The second kappa shape index (κ2) is 7.21. The molecule has 0 saturated heterocycles. The van der Waals surface area contributed by atoms with E-state index < -0.39 is 4.92 Å². The van der Waals surface area contributed by atoms with E-state index in [0.29, 0.717) is 0 Å². The fourth-order valence-electron chi connectivity index (χ4n) is 1.78. The molecule has 6 nitrogen and oxygen atoms in total. The highest BCUT2D eigenvalue weighted by molar-refractivity contribution is 5.79. The number of hydrogen-bond donors (Lipinski definition) is 0. The number of nitrogens with zero attached hydrogens (tertiary/aromatic N) is 3. The Hall–Kier alpha value is -2.89. The molecular formula is C16H17N3O3. The molecule has 0 aliphatic rings. The third kappa shape index (κ3) is 4.31. The number of hydrogen-bond acceptors (Lipinski definition) is 5. The topological polar surface area (TPSA) is 68.0 Å². The van der Waals surface area contributed by atoms with E-state index in [2.05, 4.69) is 5.16 Å². The van der Waals surface area contributed by atoms with Gasteiger partial charge in [0.05, 0.1) is 11.1 Å². The van der Waals surface area contributed by atoms with Crippen molar-refractivity contribution in [3.63, 3.8) is 0 Å². The van der Waals surface area contributed by atoms with Crippen molar-refractivity contribution in [1.29, 1.82) is 0 Å². The molecule has 0 saturated carbocycles. The second-order valence-electron chi connectivity index (χ2n) is 4.92. The zero-order valence-corrected chi connectivity index (χ0v) is 12.5. The Morgan fingerprint density at radius 3 is 2.32 bits per heavy atom. The first-order chi connectivity index (χ1) is 10.6. The highest BCUT2D eigenvalue weighted by Gasteiger charge is 2.03. The number of anilines is 1. The van der Waals surface area contributed by atoms with Gasteiger partial charge in [0.25, 0.3) is 5.69 Å². The maximum Gasteiger partial charge on any atom is 0.269 e. The number of nitro benzene ring substituents is 1. The summed E-state index contributed by atoms with van der Waals surface area (Å²) in [4.78, 5) is 17.3. The zero-order valence-electron chi connectivity index (χ0n) is 12.5. The third-order valence-corrected chi connectivity index (χ3v) is 3.06. The molecule has 0 N–H and O–H groups in total. The molecule has 0 bridgehead atoms. The molecule has 114 valence electrons. The lowest BCUT2D eigenvalue weighted by Gasteiger charge is -2.11. The number of benzene rings is 2. The number of nitro groups is 1. The molecule has 0 aliphatic heterocycles. The van der Waals surface area contributed by atoms with Crippen molar-refractivity contribution >= 4 is 17.6 Å². The van der Waals surface area contributed by atoms with Gasteiger partial charge < -0.3 is 9.74 Å². The van der Waals surface area contributed by atoms with E-state index in [1.807, 2.05) is 43.3 Å². The molecule has 2 aromatic carbocycles. The fourth-order valence-corrected chi connectivity index (χ4v) is 1.78. The normalized spacial score (nSPS) is 10.6. The first kappa shape index (κ1) is 15.5. The van der Waals surface area contributed by atoms with Crippen LogP contribution in [-0.4, -0.2) is 25.2 Å². The van der Waals surface area contributed by atoms with Crippen LogP contribution in [0.3, 0.4) is 0 Å². The lowest BCUT2D eigenvalue weighted by atomic mass is 10.2. The summed E-state index contributed by atoms with van der Waals surface area (Å²) in [5.41, 5.74) is 2.94. The average molecular weight is 299 g/mol. The molecule has 0 fully saturated rings. The molecule has 0 atom stereocenters. The summed E-state index contributed by atoms with van der Waals surface area (Å²) in [7, 11) is 3.97. The van der Waals surface area contributed by atoms with E-state index in [4.69, 9.17) is 4.84 Å². The molecule has 6 heteroatoms. The van der Waals surface area contributed by atoms with Crippen LogP contribution in [0.25, 0.3) is 0 Å². The van der Waals surface area contributed by atoms with Crippen LogP contribution < -0.4 is 4.90 Å². The van der Waals surface area contributed by atoms with E-state index in [-0.39, 0.29) is 12.3 Å². The Labute approximate surface area is 128 Å². The van der Waals surface area contributed by atoms with Gasteiger partial charge in [-0.25, -0.2) is 0 Å². The summed E-state index contributed by atoms with van der Waals surface area (Å²) < 4.78 is 0. The van der Waals surface area contributed by atoms with Crippen LogP contribution in [-0.2, 0) is 11.4 Å². The molecular weight excluding hydrogens is 282 g/mol. The van der Waals surface area contributed by atoms with Crippen molar-refractivity contribution in [1.82, 2.24) is 0 Å². The van der Waals surface area contributed by atoms with Gasteiger partial charge in [0.1, 0.15) is 6.61 Å². The van der Waals surface area contributed by atoms with Crippen LogP contribution in [0.15, 0.2) is 53.7 Å². The smallest absolute Gasteiger partial charge is 0.269 e. The van der Waals surface area contributed by atoms with E-state index >= 15 is 0 Å². The minimum atomic E-state index is -0.430. The van der Waals surface area contributed by atoms with Gasteiger partial charge >= 0.3 is 0 Å². The summed E-state index contributed by atoms with van der Waals surface area (Å²) in [5, 5.41) is 14.4. The summed E-state index contributed by atoms with van der Waals surface area (Å²) in [6.07, 6.45) is 1.63. The van der Waals surface area contributed by atoms with Gasteiger partial charge in [-0.1, -0.05) is 17.3 Å². The Balaban J connectivity index is 1.86. The molecule has 0 aliphatic carbocycles. The second-order valence-corrected chi connectivity index (χ2v) is 4.92. The fraction of sp³-hybridized carbons (Fsp3) is 0.188. The molecule has 0 unspecified atom stereocenters. The van der Waals surface area contributed by atoms with Crippen LogP contribution in [0, 0.1) is 10.1 Å². The van der Waals surface area contributed by atoms with Gasteiger partial charge in [-0.15, -0.1) is 0 Å². The van der Waals surface area contributed by atoms with Gasteiger partial charge in [0, 0.05) is 31.9 Å². The Bertz CT molecular complexity index is 649. The van der Waals surface area contributed by atoms with Gasteiger partial charge in [-0.3, -0.25) is 10.1 Å².